The minimum Gasteiger partial charge on any atom is -0.389 e. The van der Waals surface area contributed by atoms with Crippen molar-refractivity contribution in [3.63, 3.8) is 0 Å². The summed E-state index contributed by atoms with van der Waals surface area (Å²) in [7, 11) is 0. The molecule has 2 heteroatoms. The first-order chi connectivity index (χ1) is 8.68. The minimum atomic E-state index is -0.471. The summed E-state index contributed by atoms with van der Waals surface area (Å²) < 4.78 is 0. The summed E-state index contributed by atoms with van der Waals surface area (Å²) in [6, 6.07) is 7.98. The van der Waals surface area contributed by atoms with E-state index in [4.69, 9.17) is 11.6 Å². The Morgan fingerprint density at radius 1 is 1.11 bits per heavy atom. The lowest BCUT2D eigenvalue weighted by molar-refractivity contribution is -0.118. The molecule has 0 radical (unpaired) electrons. The van der Waals surface area contributed by atoms with Gasteiger partial charge in [-0.25, -0.2) is 0 Å². The Balaban J connectivity index is 1.80. The number of aliphatic hydroxyl groups is 1. The summed E-state index contributed by atoms with van der Waals surface area (Å²) in [6.07, 6.45) is 8.16. The van der Waals surface area contributed by atoms with Gasteiger partial charge in [0, 0.05) is 11.4 Å². The minimum absolute atomic E-state index is 0.471. The number of hydrogen-bond donors (Lipinski definition) is 1. The average Bonchev–Trinajstić information content (AvgIpc) is 2.09. The molecule has 18 heavy (non-hydrogen) atoms. The first-order valence-corrected chi connectivity index (χ1v) is 7.53. The van der Waals surface area contributed by atoms with Crippen LogP contribution in [0.25, 0.3) is 0 Å². The molecule has 1 aromatic carbocycles. The fourth-order valence-corrected chi connectivity index (χ4v) is 3.63. The van der Waals surface area contributed by atoms with Crippen molar-refractivity contribution in [2.75, 3.05) is 0 Å². The number of rotatable bonds is 4. The smallest absolute Gasteiger partial charge is 0.0743 e. The van der Waals surface area contributed by atoms with E-state index in [0.29, 0.717) is 11.8 Å². The normalized spacial score (nSPS) is 21.4. The molecule has 1 nitrogen and oxygen atoms in total. The van der Waals surface area contributed by atoms with Crippen molar-refractivity contribution < 1.29 is 5.11 Å². The molecule has 3 rings (SSSR count). The van der Waals surface area contributed by atoms with Gasteiger partial charge in [0.2, 0.25) is 0 Å². The van der Waals surface area contributed by atoms with Gasteiger partial charge in [0.05, 0.1) is 5.60 Å². The second-order valence-electron chi connectivity index (χ2n) is 6.05. The molecular weight excluding hydrogens is 244 g/mol. The molecule has 0 heterocycles. The van der Waals surface area contributed by atoms with E-state index in [1.165, 1.54) is 44.1 Å². The molecule has 1 N–H and O–H groups in total. The second kappa shape index (κ2) is 4.86. The molecule has 2 aliphatic carbocycles. The van der Waals surface area contributed by atoms with Gasteiger partial charge in [0.1, 0.15) is 0 Å². The van der Waals surface area contributed by atoms with E-state index in [1.807, 2.05) is 18.2 Å². The first kappa shape index (κ1) is 12.5. The van der Waals surface area contributed by atoms with Crippen LogP contribution in [0.5, 0.6) is 0 Å². The summed E-state index contributed by atoms with van der Waals surface area (Å²) in [5.41, 5.74) is 0.713. The largest absolute Gasteiger partial charge is 0.389 e. The predicted octanol–water partition coefficient (Wildman–Crippen LogP) is 4.21. The zero-order valence-electron chi connectivity index (χ0n) is 10.7. The van der Waals surface area contributed by atoms with E-state index in [2.05, 4.69) is 6.07 Å². The van der Waals surface area contributed by atoms with Gasteiger partial charge < -0.3 is 5.11 Å². The number of halogens is 1. The van der Waals surface area contributed by atoms with Crippen LogP contribution in [0.2, 0.25) is 5.02 Å². The summed E-state index contributed by atoms with van der Waals surface area (Å²) in [4.78, 5) is 0. The highest BCUT2D eigenvalue weighted by atomic mass is 35.5. The fourth-order valence-electron chi connectivity index (χ4n) is 3.41. The molecule has 0 aliphatic heterocycles. The SMILES string of the molecule is OC(Cc1cccc(Cl)c1)(C1CCC1)C1CCC1. The first-order valence-electron chi connectivity index (χ1n) is 7.15. The average molecular weight is 265 g/mol. The summed E-state index contributed by atoms with van der Waals surface area (Å²) in [5, 5.41) is 11.9. The Kier molecular flexibility index (Phi) is 3.38. The van der Waals surface area contributed by atoms with Crippen LogP contribution in [0.3, 0.4) is 0 Å². The van der Waals surface area contributed by atoms with Crippen LogP contribution in [0.4, 0.5) is 0 Å². The van der Waals surface area contributed by atoms with Crippen molar-refractivity contribution in [3.05, 3.63) is 34.9 Å². The van der Waals surface area contributed by atoms with E-state index < -0.39 is 5.60 Å². The van der Waals surface area contributed by atoms with Crippen molar-refractivity contribution in [3.8, 4) is 0 Å². The summed E-state index contributed by atoms with van der Waals surface area (Å²) in [6.45, 7) is 0. The maximum absolute atomic E-state index is 11.2. The van der Waals surface area contributed by atoms with Gasteiger partial charge >= 0.3 is 0 Å². The second-order valence-corrected chi connectivity index (χ2v) is 6.49. The molecule has 0 atom stereocenters. The Bertz CT molecular complexity index is 407. The highest BCUT2D eigenvalue weighted by Gasteiger charge is 2.47. The zero-order valence-corrected chi connectivity index (χ0v) is 11.5. The molecule has 2 saturated carbocycles. The third-order valence-corrected chi connectivity index (χ3v) is 5.24. The van der Waals surface area contributed by atoms with Crippen molar-refractivity contribution in [2.24, 2.45) is 11.8 Å². The van der Waals surface area contributed by atoms with Gasteiger partial charge in [0.25, 0.3) is 0 Å². The van der Waals surface area contributed by atoms with E-state index in [-0.39, 0.29) is 0 Å². The molecule has 2 aliphatic rings. The van der Waals surface area contributed by atoms with E-state index in [9.17, 15) is 5.11 Å². The maximum atomic E-state index is 11.2. The van der Waals surface area contributed by atoms with Crippen molar-refractivity contribution in [2.45, 2.75) is 50.5 Å². The third-order valence-electron chi connectivity index (χ3n) is 5.00. The van der Waals surface area contributed by atoms with Gasteiger partial charge in [-0.1, -0.05) is 36.6 Å². The lowest BCUT2D eigenvalue weighted by Gasteiger charge is -2.50. The molecule has 0 amide bonds. The maximum Gasteiger partial charge on any atom is 0.0743 e. The molecule has 0 unspecified atom stereocenters. The molecule has 1 aromatic rings. The third kappa shape index (κ3) is 2.19. The van der Waals surface area contributed by atoms with Crippen LogP contribution in [-0.4, -0.2) is 10.7 Å². The van der Waals surface area contributed by atoms with E-state index >= 15 is 0 Å². The fraction of sp³-hybridized carbons (Fsp3) is 0.625. The zero-order chi connectivity index (χ0) is 12.6. The van der Waals surface area contributed by atoms with Crippen LogP contribution < -0.4 is 0 Å². The van der Waals surface area contributed by atoms with Crippen LogP contribution in [0.15, 0.2) is 24.3 Å². The highest BCUT2D eigenvalue weighted by molar-refractivity contribution is 6.30. The summed E-state index contributed by atoms with van der Waals surface area (Å²) in [5.74, 6) is 1.03. The van der Waals surface area contributed by atoms with Gasteiger partial charge in [-0.3, -0.25) is 0 Å². The van der Waals surface area contributed by atoms with E-state index in [1.54, 1.807) is 0 Å². The number of hydrogen-bond acceptors (Lipinski definition) is 1. The van der Waals surface area contributed by atoms with Crippen LogP contribution in [0, 0.1) is 11.8 Å². The quantitative estimate of drug-likeness (QED) is 0.864. The Hall–Kier alpha value is -0.530. The molecule has 0 aromatic heterocycles. The number of benzene rings is 1. The van der Waals surface area contributed by atoms with Gasteiger partial charge in [0.15, 0.2) is 0 Å². The van der Waals surface area contributed by atoms with Crippen LogP contribution >= 0.6 is 11.6 Å². The molecular formula is C16H21ClO. The Morgan fingerprint density at radius 3 is 2.17 bits per heavy atom. The van der Waals surface area contributed by atoms with Crippen molar-refractivity contribution >= 4 is 11.6 Å². The standard InChI is InChI=1S/C16H21ClO/c17-15-9-1-4-12(10-15)11-16(18,13-5-2-6-13)14-7-3-8-14/h1,4,9-10,13-14,18H,2-3,5-8,11H2. The molecule has 98 valence electrons. The van der Waals surface area contributed by atoms with Crippen LogP contribution in [-0.2, 0) is 6.42 Å². The molecule has 0 bridgehead atoms. The summed E-state index contributed by atoms with van der Waals surface area (Å²) >= 11 is 6.05. The Labute approximate surface area is 114 Å². The predicted molar refractivity (Wildman–Crippen MR) is 74.8 cm³/mol. The van der Waals surface area contributed by atoms with Gasteiger partial charge in [-0.2, -0.15) is 0 Å². The highest BCUT2D eigenvalue weighted by Crippen LogP contribution is 2.48. The van der Waals surface area contributed by atoms with E-state index in [0.717, 1.165) is 11.4 Å². The van der Waals surface area contributed by atoms with Crippen LogP contribution in [0.1, 0.15) is 44.1 Å². The molecule has 0 saturated heterocycles. The lowest BCUT2D eigenvalue weighted by Crippen LogP contribution is -2.52. The topological polar surface area (TPSA) is 20.2 Å². The Morgan fingerprint density at radius 2 is 1.72 bits per heavy atom. The molecule has 0 spiro atoms. The van der Waals surface area contributed by atoms with Gasteiger partial charge in [-0.05, 0) is 55.2 Å². The van der Waals surface area contributed by atoms with Crippen molar-refractivity contribution in [1.29, 1.82) is 0 Å². The monoisotopic (exact) mass is 264 g/mol. The van der Waals surface area contributed by atoms with Gasteiger partial charge in [-0.15, -0.1) is 0 Å². The molecule has 2 fully saturated rings. The lowest BCUT2D eigenvalue weighted by atomic mass is 9.59. The van der Waals surface area contributed by atoms with Crippen molar-refractivity contribution in [1.82, 2.24) is 0 Å².